The van der Waals surface area contributed by atoms with Gasteiger partial charge in [0.1, 0.15) is 0 Å². The average Bonchev–Trinajstić information content (AvgIpc) is 2.46. The van der Waals surface area contributed by atoms with Gasteiger partial charge in [0.05, 0.1) is 0 Å². The lowest BCUT2D eigenvalue weighted by molar-refractivity contribution is -0.130. The van der Waals surface area contributed by atoms with Gasteiger partial charge in [-0.2, -0.15) is 0 Å². The third-order valence-electron chi connectivity index (χ3n) is 3.44. The zero-order chi connectivity index (χ0) is 14.7. The predicted octanol–water partition coefficient (Wildman–Crippen LogP) is 2.08. The molecule has 0 saturated carbocycles. The first kappa shape index (κ1) is 15.1. The lowest BCUT2D eigenvalue weighted by Crippen LogP contribution is -2.51. The number of alkyl halides is 2. The Hall–Kier alpha value is -1.26. The van der Waals surface area contributed by atoms with Gasteiger partial charge in [0.15, 0.2) is 4.84 Å². The summed E-state index contributed by atoms with van der Waals surface area (Å²) in [5.74, 6) is -0.292. The van der Waals surface area contributed by atoms with Crippen molar-refractivity contribution in [2.75, 3.05) is 26.2 Å². The molecule has 0 aliphatic carbocycles. The van der Waals surface area contributed by atoms with E-state index in [1.54, 1.807) is 9.80 Å². The molecule has 2 rings (SSSR count). The molecule has 1 aliphatic heterocycles. The van der Waals surface area contributed by atoms with Gasteiger partial charge in [-0.3, -0.25) is 9.59 Å². The van der Waals surface area contributed by atoms with E-state index < -0.39 is 4.84 Å². The molecule has 1 fully saturated rings. The van der Waals surface area contributed by atoms with Crippen LogP contribution in [0.1, 0.15) is 15.9 Å². The maximum atomic E-state index is 12.4. The van der Waals surface area contributed by atoms with Crippen molar-refractivity contribution in [3.05, 3.63) is 35.4 Å². The highest BCUT2D eigenvalue weighted by atomic mass is 35.5. The Morgan fingerprint density at radius 1 is 1.05 bits per heavy atom. The fourth-order valence-electron chi connectivity index (χ4n) is 2.25. The molecule has 0 aromatic heterocycles. The number of benzene rings is 1. The van der Waals surface area contributed by atoms with Crippen molar-refractivity contribution >= 4 is 35.0 Å². The molecule has 0 N–H and O–H groups in total. The second-order valence-corrected chi connectivity index (χ2v) is 5.83. The number of carbonyl (C=O) groups is 2. The number of halogens is 2. The highest BCUT2D eigenvalue weighted by Gasteiger charge is 2.27. The zero-order valence-electron chi connectivity index (χ0n) is 11.2. The molecule has 0 spiro atoms. The Balaban J connectivity index is 1.99. The quantitative estimate of drug-likeness (QED) is 0.784. The van der Waals surface area contributed by atoms with Gasteiger partial charge in [-0.15, -0.1) is 0 Å². The van der Waals surface area contributed by atoms with E-state index in [-0.39, 0.29) is 11.8 Å². The minimum absolute atomic E-state index is 0.00324. The second kappa shape index (κ2) is 6.46. The van der Waals surface area contributed by atoms with E-state index in [0.29, 0.717) is 31.7 Å². The summed E-state index contributed by atoms with van der Waals surface area (Å²) >= 11 is 11.1. The summed E-state index contributed by atoms with van der Waals surface area (Å²) < 4.78 is 0. The molecule has 2 amide bonds. The van der Waals surface area contributed by atoms with E-state index >= 15 is 0 Å². The minimum Gasteiger partial charge on any atom is -0.337 e. The summed E-state index contributed by atoms with van der Waals surface area (Å²) in [6.07, 6.45) is 0. The molecule has 0 radical (unpaired) electrons. The Morgan fingerprint density at radius 2 is 1.60 bits per heavy atom. The SMILES string of the molecule is Cc1ccccc1C(=O)N1CCN(C(=O)C(Cl)Cl)CC1. The lowest BCUT2D eigenvalue weighted by Gasteiger charge is -2.35. The fourth-order valence-corrected chi connectivity index (χ4v) is 2.53. The third-order valence-corrected chi connectivity index (χ3v) is 3.81. The minimum atomic E-state index is -1.03. The monoisotopic (exact) mass is 314 g/mol. The lowest BCUT2D eigenvalue weighted by atomic mass is 10.1. The molecule has 20 heavy (non-hydrogen) atoms. The topological polar surface area (TPSA) is 40.6 Å². The Bertz CT molecular complexity index is 512. The number of amides is 2. The Kier molecular flexibility index (Phi) is 4.89. The van der Waals surface area contributed by atoms with E-state index in [0.717, 1.165) is 5.56 Å². The number of carbonyl (C=O) groups excluding carboxylic acids is 2. The molecule has 1 aliphatic rings. The second-order valence-electron chi connectivity index (χ2n) is 4.73. The van der Waals surface area contributed by atoms with Gasteiger partial charge in [0.25, 0.3) is 11.8 Å². The summed E-state index contributed by atoms with van der Waals surface area (Å²) in [6.45, 7) is 3.84. The Labute approximate surface area is 128 Å². The normalized spacial score (nSPS) is 15.6. The van der Waals surface area contributed by atoms with Crippen LogP contribution in [0, 0.1) is 6.92 Å². The molecule has 0 atom stereocenters. The molecule has 108 valence electrons. The van der Waals surface area contributed by atoms with Gasteiger partial charge in [-0.25, -0.2) is 0 Å². The van der Waals surface area contributed by atoms with Crippen LogP contribution >= 0.6 is 23.2 Å². The summed E-state index contributed by atoms with van der Waals surface area (Å²) in [4.78, 5) is 26.4. The summed E-state index contributed by atoms with van der Waals surface area (Å²) in [5.41, 5.74) is 1.66. The van der Waals surface area contributed by atoms with Gasteiger partial charge in [0.2, 0.25) is 0 Å². The summed E-state index contributed by atoms with van der Waals surface area (Å²) in [6, 6.07) is 7.50. The molecule has 0 unspecified atom stereocenters. The number of hydrogen-bond acceptors (Lipinski definition) is 2. The molecule has 0 bridgehead atoms. The molecular formula is C14H16Cl2N2O2. The van der Waals surface area contributed by atoms with Crippen LogP contribution in [-0.4, -0.2) is 52.6 Å². The molecular weight excluding hydrogens is 299 g/mol. The smallest absolute Gasteiger partial charge is 0.255 e. The van der Waals surface area contributed by atoms with Crippen LogP contribution in [-0.2, 0) is 4.79 Å². The van der Waals surface area contributed by atoms with Gasteiger partial charge < -0.3 is 9.80 Å². The van der Waals surface area contributed by atoms with Crippen LogP contribution in [0.15, 0.2) is 24.3 Å². The van der Waals surface area contributed by atoms with Crippen molar-refractivity contribution in [1.29, 1.82) is 0 Å². The highest BCUT2D eigenvalue weighted by molar-refractivity contribution is 6.53. The number of nitrogens with zero attached hydrogens (tertiary/aromatic N) is 2. The van der Waals surface area contributed by atoms with E-state index in [1.807, 2.05) is 31.2 Å². The first-order valence-corrected chi connectivity index (χ1v) is 7.30. The van der Waals surface area contributed by atoms with Gasteiger partial charge in [-0.05, 0) is 18.6 Å². The standard InChI is InChI=1S/C14H16Cl2N2O2/c1-10-4-2-3-5-11(10)13(19)17-6-8-18(9-7-17)14(20)12(15)16/h2-5,12H,6-9H2,1H3. The van der Waals surface area contributed by atoms with Crippen molar-refractivity contribution in [3.8, 4) is 0 Å². The largest absolute Gasteiger partial charge is 0.337 e. The fraction of sp³-hybridized carbons (Fsp3) is 0.429. The first-order chi connectivity index (χ1) is 9.50. The van der Waals surface area contributed by atoms with E-state index in [2.05, 4.69) is 0 Å². The number of aryl methyl sites for hydroxylation is 1. The van der Waals surface area contributed by atoms with Gasteiger partial charge in [0, 0.05) is 31.7 Å². The van der Waals surface area contributed by atoms with Crippen LogP contribution < -0.4 is 0 Å². The zero-order valence-corrected chi connectivity index (χ0v) is 12.7. The molecule has 6 heteroatoms. The van der Waals surface area contributed by atoms with Crippen molar-refractivity contribution in [1.82, 2.24) is 9.80 Å². The van der Waals surface area contributed by atoms with Crippen LogP contribution in [0.5, 0.6) is 0 Å². The van der Waals surface area contributed by atoms with Crippen molar-refractivity contribution < 1.29 is 9.59 Å². The molecule has 1 saturated heterocycles. The van der Waals surface area contributed by atoms with Crippen molar-refractivity contribution in [2.24, 2.45) is 0 Å². The predicted molar refractivity (Wildman–Crippen MR) is 79.2 cm³/mol. The summed E-state index contributed by atoms with van der Waals surface area (Å²) in [7, 11) is 0. The maximum absolute atomic E-state index is 12.4. The van der Waals surface area contributed by atoms with Crippen molar-refractivity contribution in [2.45, 2.75) is 11.8 Å². The average molecular weight is 315 g/mol. The summed E-state index contributed by atoms with van der Waals surface area (Å²) in [5, 5.41) is 0. The molecule has 1 aromatic rings. The number of piperazine rings is 1. The van der Waals surface area contributed by atoms with Crippen LogP contribution in [0.4, 0.5) is 0 Å². The first-order valence-electron chi connectivity index (χ1n) is 6.42. The highest BCUT2D eigenvalue weighted by Crippen LogP contribution is 2.14. The van der Waals surface area contributed by atoms with E-state index in [1.165, 1.54) is 0 Å². The molecule has 4 nitrogen and oxygen atoms in total. The van der Waals surface area contributed by atoms with E-state index in [4.69, 9.17) is 23.2 Å². The maximum Gasteiger partial charge on any atom is 0.255 e. The third kappa shape index (κ3) is 3.25. The van der Waals surface area contributed by atoms with Crippen LogP contribution in [0.2, 0.25) is 0 Å². The van der Waals surface area contributed by atoms with Gasteiger partial charge in [-0.1, -0.05) is 41.4 Å². The number of hydrogen-bond donors (Lipinski definition) is 0. The van der Waals surface area contributed by atoms with Crippen molar-refractivity contribution in [3.63, 3.8) is 0 Å². The molecule has 1 aromatic carbocycles. The van der Waals surface area contributed by atoms with Crippen LogP contribution in [0.3, 0.4) is 0 Å². The van der Waals surface area contributed by atoms with Gasteiger partial charge >= 0.3 is 0 Å². The molecule has 1 heterocycles. The van der Waals surface area contributed by atoms with Crippen LogP contribution in [0.25, 0.3) is 0 Å². The number of rotatable bonds is 2. The van der Waals surface area contributed by atoms with E-state index in [9.17, 15) is 9.59 Å². The Morgan fingerprint density at radius 3 is 2.15 bits per heavy atom.